The van der Waals surface area contributed by atoms with Crippen LogP contribution in [-0.2, 0) is 0 Å². The first-order chi connectivity index (χ1) is 5.88. The van der Waals surface area contributed by atoms with Gasteiger partial charge in [-0.3, -0.25) is 0 Å². The first-order valence-electron chi connectivity index (χ1n) is 4.98. The van der Waals surface area contributed by atoms with Crippen LogP contribution >= 0.6 is 0 Å². The molecule has 2 rings (SSSR count). The maximum Gasteiger partial charge on any atom is 0.248 e. The van der Waals surface area contributed by atoms with Crippen molar-refractivity contribution in [2.75, 3.05) is 0 Å². The molecule has 0 amide bonds. The fourth-order valence-electron chi connectivity index (χ4n) is 3.01. The molecule has 0 heterocycles. The summed E-state index contributed by atoms with van der Waals surface area (Å²) in [7, 11) is 0. The summed E-state index contributed by atoms with van der Waals surface area (Å²) in [6.45, 7) is 1.77. The van der Waals surface area contributed by atoms with Gasteiger partial charge in [-0.05, 0) is 38.0 Å². The molecule has 76 valence electrons. The summed E-state index contributed by atoms with van der Waals surface area (Å²) in [5.41, 5.74) is -0.685. The van der Waals surface area contributed by atoms with Crippen molar-refractivity contribution in [3.05, 3.63) is 0 Å². The van der Waals surface area contributed by atoms with Gasteiger partial charge in [0, 0.05) is 12.8 Å². The molecule has 3 atom stereocenters. The Labute approximate surface area is 77.1 Å². The van der Waals surface area contributed by atoms with Gasteiger partial charge in [0.2, 0.25) is 5.92 Å². The number of hydrogen-bond donors (Lipinski definition) is 1. The maximum atomic E-state index is 13.0. The molecule has 1 nitrogen and oxygen atoms in total. The third kappa shape index (κ3) is 1.85. The van der Waals surface area contributed by atoms with Crippen LogP contribution in [0.2, 0.25) is 0 Å². The van der Waals surface area contributed by atoms with Crippen LogP contribution in [0.4, 0.5) is 8.78 Å². The van der Waals surface area contributed by atoms with E-state index in [1.807, 2.05) is 0 Å². The van der Waals surface area contributed by atoms with Gasteiger partial charge < -0.3 is 5.11 Å². The number of halogens is 2. The predicted octanol–water partition coefficient (Wildman–Crippen LogP) is 2.58. The maximum absolute atomic E-state index is 13.0. The lowest BCUT2D eigenvalue weighted by Gasteiger charge is -2.31. The highest BCUT2D eigenvalue weighted by atomic mass is 19.3. The van der Waals surface area contributed by atoms with Crippen LogP contribution in [-0.4, -0.2) is 16.6 Å². The second-order valence-corrected chi connectivity index (χ2v) is 5.02. The van der Waals surface area contributed by atoms with Gasteiger partial charge in [-0.2, -0.15) is 0 Å². The van der Waals surface area contributed by atoms with E-state index < -0.39 is 11.5 Å². The number of hydrogen-bond acceptors (Lipinski definition) is 1. The van der Waals surface area contributed by atoms with Crippen LogP contribution in [0.3, 0.4) is 0 Å². The van der Waals surface area contributed by atoms with Crippen LogP contribution in [0.1, 0.15) is 39.0 Å². The van der Waals surface area contributed by atoms with Gasteiger partial charge in [-0.25, -0.2) is 8.78 Å². The summed E-state index contributed by atoms with van der Waals surface area (Å²) in [5, 5.41) is 9.75. The molecule has 0 aromatic rings. The SMILES string of the molecule is CC1(O)CC2CCC(F)(F)C[C@H]2C1. The van der Waals surface area contributed by atoms with Crippen molar-refractivity contribution in [2.45, 2.75) is 50.6 Å². The first kappa shape index (κ1) is 9.38. The van der Waals surface area contributed by atoms with Gasteiger partial charge in [-0.1, -0.05) is 0 Å². The Kier molecular flexibility index (Phi) is 1.92. The van der Waals surface area contributed by atoms with Gasteiger partial charge >= 0.3 is 0 Å². The normalized spacial score (nSPS) is 48.9. The van der Waals surface area contributed by atoms with Gasteiger partial charge in [0.15, 0.2) is 0 Å². The minimum Gasteiger partial charge on any atom is -0.390 e. The van der Waals surface area contributed by atoms with Gasteiger partial charge in [0.1, 0.15) is 0 Å². The molecule has 13 heavy (non-hydrogen) atoms. The number of aliphatic hydroxyl groups is 1. The molecule has 1 N–H and O–H groups in total. The largest absolute Gasteiger partial charge is 0.390 e. The average molecular weight is 190 g/mol. The Morgan fingerprint density at radius 1 is 1.15 bits per heavy atom. The smallest absolute Gasteiger partial charge is 0.248 e. The van der Waals surface area contributed by atoms with E-state index in [0.29, 0.717) is 25.2 Å². The lowest BCUT2D eigenvalue weighted by Crippen LogP contribution is -2.29. The quantitative estimate of drug-likeness (QED) is 0.622. The molecule has 2 aliphatic carbocycles. The molecule has 2 saturated carbocycles. The predicted molar refractivity (Wildman–Crippen MR) is 45.6 cm³/mol. The van der Waals surface area contributed by atoms with Gasteiger partial charge in [0.25, 0.3) is 0 Å². The average Bonchev–Trinajstić information content (AvgIpc) is 2.20. The Hall–Kier alpha value is -0.180. The summed E-state index contributed by atoms with van der Waals surface area (Å²) >= 11 is 0. The van der Waals surface area contributed by atoms with Crippen LogP contribution < -0.4 is 0 Å². The zero-order valence-electron chi connectivity index (χ0n) is 7.89. The van der Waals surface area contributed by atoms with E-state index in [0.717, 1.165) is 0 Å². The minimum atomic E-state index is -2.47. The van der Waals surface area contributed by atoms with E-state index >= 15 is 0 Å². The van der Waals surface area contributed by atoms with Crippen molar-refractivity contribution in [3.63, 3.8) is 0 Å². The third-order valence-corrected chi connectivity index (χ3v) is 3.51. The van der Waals surface area contributed by atoms with E-state index in [1.165, 1.54) is 0 Å². The molecular weight excluding hydrogens is 174 g/mol. The van der Waals surface area contributed by atoms with Crippen molar-refractivity contribution in [2.24, 2.45) is 11.8 Å². The van der Waals surface area contributed by atoms with E-state index in [-0.39, 0.29) is 18.8 Å². The molecule has 0 aromatic carbocycles. The fraction of sp³-hybridized carbons (Fsp3) is 1.00. The summed E-state index contributed by atoms with van der Waals surface area (Å²) in [6, 6.07) is 0. The lowest BCUT2D eigenvalue weighted by atomic mass is 9.80. The molecule has 0 aromatic heterocycles. The lowest BCUT2D eigenvalue weighted by molar-refractivity contribution is -0.0637. The van der Waals surface area contributed by atoms with E-state index in [2.05, 4.69) is 0 Å². The van der Waals surface area contributed by atoms with Crippen molar-refractivity contribution in [3.8, 4) is 0 Å². The molecule has 3 heteroatoms. The standard InChI is InChI=1S/C10H16F2O/c1-9(13)4-7-2-3-10(11,12)6-8(7)5-9/h7-8,13H,2-6H2,1H3/t7?,8-,9?/m1/s1. The summed E-state index contributed by atoms with van der Waals surface area (Å²) in [4.78, 5) is 0. The third-order valence-electron chi connectivity index (χ3n) is 3.51. The molecular formula is C10H16F2O. The summed E-state index contributed by atoms with van der Waals surface area (Å²) in [5.74, 6) is -2.07. The summed E-state index contributed by atoms with van der Waals surface area (Å²) < 4.78 is 26.0. The van der Waals surface area contributed by atoms with Crippen LogP contribution in [0.5, 0.6) is 0 Å². The Balaban J connectivity index is 2.06. The van der Waals surface area contributed by atoms with Crippen molar-refractivity contribution >= 4 is 0 Å². The molecule has 2 fully saturated rings. The molecule has 0 aliphatic heterocycles. The second-order valence-electron chi connectivity index (χ2n) is 5.02. The number of fused-ring (bicyclic) bond motifs is 1. The van der Waals surface area contributed by atoms with Crippen LogP contribution in [0.25, 0.3) is 0 Å². The van der Waals surface area contributed by atoms with Crippen molar-refractivity contribution in [1.29, 1.82) is 0 Å². The molecule has 0 saturated heterocycles. The Morgan fingerprint density at radius 2 is 1.77 bits per heavy atom. The fourth-order valence-corrected chi connectivity index (χ4v) is 3.01. The highest BCUT2D eigenvalue weighted by Crippen LogP contribution is 2.51. The second kappa shape index (κ2) is 2.66. The zero-order valence-corrected chi connectivity index (χ0v) is 7.89. The monoisotopic (exact) mass is 190 g/mol. The van der Waals surface area contributed by atoms with E-state index in [1.54, 1.807) is 6.92 Å². The highest BCUT2D eigenvalue weighted by molar-refractivity contribution is 4.96. The van der Waals surface area contributed by atoms with Crippen LogP contribution in [0, 0.1) is 11.8 Å². The molecule has 0 radical (unpaired) electrons. The minimum absolute atomic E-state index is 0.00613. The molecule has 0 bridgehead atoms. The van der Waals surface area contributed by atoms with Crippen molar-refractivity contribution < 1.29 is 13.9 Å². The van der Waals surface area contributed by atoms with E-state index in [4.69, 9.17) is 0 Å². The Morgan fingerprint density at radius 3 is 2.46 bits per heavy atom. The number of rotatable bonds is 0. The van der Waals surface area contributed by atoms with Gasteiger partial charge in [0.05, 0.1) is 5.60 Å². The molecule has 0 spiro atoms. The summed E-state index contributed by atoms with van der Waals surface area (Å²) in [6.07, 6.45) is 1.88. The van der Waals surface area contributed by atoms with E-state index in [9.17, 15) is 13.9 Å². The molecule has 2 aliphatic rings. The first-order valence-corrected chi connectivity index (χ1v) is 4.98. The van der Waals surface area contributed by atoms with Crippen LogP contribution in [0.15, 0.2) is 0 Å². The zero-order chi connectivity index (χ0) is 9.69. The van der Waals surface area contributed by atoms with Gasteiger partial charge in [-0.15, -0.1) is 0 Å². The van der Waals surface area contributed by atoms with Crippen molar-refractivity contribution in [1.82, 2.24) is 0 Å². The highest BCUT2D eigenvalue weighted by Gasteiger charge is 2.49. The topological polar surface area (TPSA) is 20.2 Å². The molecule has 2 unspecified atom stereocenters. The number of alkyl halides is 2. The Bertz CT molecular complexity index is 211.